The van der Waals surface area contributed by atoms with Gasteiger partial charge in [0.05, 0.1) is 7.11 Å². The Balaban J connectivity index is 2.11. The lowest BCUT2D eigenvalue weighted by atomic mass is 9.47. The van der Waals surface area contributed by atoms with Crippen LogP contribution in [-0.2, 0) is 9.53 Å². The fraction of sp³-hybridized carbons (Fsp3) is 0.857. The van der Waals surface area contributed by atoms with Crippen LogP contribution in [0.1, 0.15) is 79.6 Å². The van der Waals surface area contributed by atoms with Gasteiger partial charge < -0.3 is 4.74 Å². The van der Waals surface area contributed by atoms with Crippen molar-refractivity contribution < 1.29 is 9.53 Å². The van der Waals surface area contributed by atoms with Crippen LogP contribution in [0.3, 0.4) is 0 Å². The van der Waals surface area contributed by atoms with Crippen molar-refractivity contribution >= 4 is 5.97 Å². The number of fused-ring (bicyclic) bond motifs is 1. The van der Waals surface area contributed by atoms with Crippen molar-refractivity contribution in [2.45, 2.75) is 79.6 Å². The van der Waals surface area contributed by atoms with E-state index in [9.17, 15) is 4.79 Å². The van der Waals surface area contributed by atoms with Crippen LogP contribution in [0.25, 0.3) is 0 Å². The molecule has 2 heteroatoms. The second-order valence-corrected chi connectivity index (χ2v) is 8.80. The minimum absolute atomic E-state index is 0.0689. The fourth-order valence-corrected chi connectivity index (χ4v) is 5.36. The topological polar surface area (TPSA) is 26.3 Å². The summed E-state index contributed by atoms with van der Waals surface area (Å²) in [7, 11) is 1.49. The molecule has 0 N–H and O–H groups in total. The van der Waals surface area contributed by atoms with Gasteiger partial charge in [0.25, 0.3) is 0 Å². The average molecular weight is 321 g/mol. The monoisotopic (exact) mass is 320 g/mol. The van der Waals surface area contributed by atoms with E-state index >= 15 is 0 Å². The summed E-state index contributed by atoms with van der Waals surface area (Å²) in [6.45, 7) is 12.0. The predicted molar refractivity (Wildman–Crippen MR) is 96.1 cm³/mol. The third kappa shape index (κ3) is 3.51. The summed E-state index contributed by atoms with van der Waals surface area (Å²) in [4.78, 5) is 11.5. The highest BCUT2D eigenvalue weighted by molar-refractivity contribution is 5.69. The highest BCUT2D eigenvalue weighted by atomic mass is 16.5. The Kier molecular flexibility index (Phi) is 5.63. The van der Waals surface area contributed by atoms with Crippen molar-refractivity contribution in [1.82, 2.24) is 0 Å². The Hall–Kier alpha value is -0.790. The highest BCUT2D eigenvalue weighted by Gasteiger charge is 2.52. The normalized spacial score (nSPS) is 38.4. The van der Waals surface area contributed by atoms with Gasteiger partial charge in [0.1, 0.15) is 0 Å². The van der Waals surface area contributed by atoms with Gasteiger partial charge in [-0.3, -0.25) is 4.79 Å². The first-order valence-corrected chi connectivity index (χ1v) is 9.48. The molecule has 132 valence electrons. The SMILES string of the molecule is COC(=O)CC(C)CC[C@@]1(C)[C@H](C)CC[C@@]2(C)C(C)=CCC[C@H]12. The summed E-state index contributed by atoms with van der Waals surface area (Å²) in [6.07, 6.45) is 10.7. The first-order valence-electron chi connectivity index (χ1n) is 9.48. The van der Waals surface area contributed by atoms with Crippen molar-refractivity contribution in [2.75, 3.05) is 7.11 Å². The summed E-state index contributed by atoms with van der Waals surface area (Å²) < 4.78 is 4.83. The van der Waals surface area contributed by atoms with Gasteiger partial charge in [0, 0.05) is 6.42 Å². The summed E-state index contributed by atoms with van der Waals surface area (Å²) >= 11 is 0. The Morgan fingerprint density at radius 3 is 2.74 bits per heavy atom. The van der Waals surface area contributed by atoms with Gasteiger partial charge in [-0.25, -0.2) is 0 Å². The zero-order valence-corrected chi connectivity index (χ0v) is 16.1. The maximum atomic E-state index is 11.5. The molecular weight excluding hydrogens is 284 g/mol. The molecule has 0 aromatic heterocycles. The number of esters is 1. The van der Waals surface area contributed by atoms with Crippen LogP contribution >= 0.6 is 0 Å². The zero-order chi connectivity index (χ0) is 17.3. The molecule has 5 atom stereocenters. The van der Waals surface area contributed by atoms with Gasteiger partial charge in [0.2, 0.25) is 0 Å². The Morgan fingerprint density at radius 1 is 1.39 bits per heavy atom. The zero-order valence-electron chi connectivity index (χ0n) is 16.1. The first-order chi connectivity index (χ1) is 10.7. The molecule has 0 bridgehead atoms. The molecule has 23 heavy (non-hydrogen) atoms. The van der Waals surface area contributed by atoms with Crippen molar-refractivity contribution in [3.05, 3.63) is 11.6 Å². The van der Waals surface area contributed by atoms with Crippen LogP contribution in [0.15, 0.2) is 11.6 Å². The number of carbonyl (C=O) groups is 1. The fourth-order valence-electron chi connectivity index (χ4n) is 5.36. The molecule has 0 radical (unpaired) electrons. The minimum atomic E-state index is -0.0689. The standard InChI is InChI=1S/C21H36O2/c1-15(14-19(22)23-6)10-12-20(4)17(3)11-13-21(5)16(2)8-7-9-18(20)21/h8,15,17-18H,7,9-14H2,1-6H3/t15?,17-,18-,20+,21+/m1/s1. The van der Waals surface area contributed by atoms with Crippen LogP contribution in [0, 0.1) is 28.6 Å². The summed E-state index contributed by atoms with van der Waals surface area (Å²) in [5.41, 5.74) is 2.41. The minimum Gasteiger partial charge on any atom is -0.469 e. The van der Waals surface area contributed by atoms with Gasteiger partial charge in [-0.05, 0) is 74.0 Å². The number of carbonyl (C=O) groups excluding carboxylic acids is 1. The van der Waals surface area contributed by atoms with Gasteiger partial charge in [0.15, 0.2) is 0 Å². The molecular formula is C21H36O2. The van der Waals surface area contributed by atoms with E-state index in [4.69, 9.17) is 4.74 Å². The maximum Gasteiger partial charge on any atom is 0.305 e. The van der Waals surface area contributed by atoms with Crippen LogP contribution in [0.4, 0.5) is 0 Å². The van der Waals surface area contributed by atoms with Gasteiger partial charge >= 0.3 is 5.97 Å². The van der Waals surface area contributed by atoms with Crippen molar-refractivity contribution in [3.8, 4) is 0 Å². The van der Waals surface area contributed by atoms with Crippen molar-refractivity contribution in [3.63, 3.8) is 0 Å². The smallest absolute Gasteiger partial charge is 0.305 e. The largest absolute Gasteiger partial charge is 0.469 e. The Labute approximate surface area is 143 Å². The molecule has 2 aliphatic carbocycles. The Bertz CT molecular complexity index is 466. The second kappa shape index (κ2) is 6.99. The van der Waals surface area contributed by atoms with E-state index in [-0.39, 0.29) is 5.97 Å². The molecule has 1 unspecified atom stereocenters. The molecule has 1 fully saturated rings. The number of allylic oxidation sites excluding steroid dienone is 2. The third-order valence-electron chi connectivity index (χ3n) is 7.51. The molecule has 0 aromatic carbocycles. The van der Waals surface area contributed by atoms with E-state index in [1.54, 1.807) is 5.57 Å². The number of hydrogen-bond donors (Lipinski definition) is 0. The Morgan fingerprint density at radius 2 is 2.09 bits per heavy atom. The summed E-state index contributed by atoms with van der Waals surface area (Å²) in [6, 6.07) is 0. The van der Waals surface area contributed by atoms with E-state index in [0.29, 0.717) is 23.2 Å². The molecule has 0 aromatic rings. The van der Waals surface area contributed by atoms with E-state index in [1.165, 1.54) is 39.2 Å². The molecule has 0 spiro atoms. The average Bonchev–Trinajstić information content (AvgIpc) is 2.52. The molecule has 0 saturated heterocycles. The summed E-state index contributed by atoms with van der Waals surface area (Å²) in [5.74, 6) is 1.91. The van der Waals surface area contributed by atoms with Gasteiger partial charge in [-0.1, -0.05) is 39.3 Å². The van der Waals surface area contributed by atoms with Crippen LogP contribution in [0.2, 0.25) is 0 Å². The highest BCUT2D eigenvalue weighted by Crippen LogP contribution is 2.61. The predicted octanol–water partition coefficient (Wildman–Crippen LogP) is 5.76. The van der Waals surface area contributed by atoms with Crippen LogP contribution in [0.5, 0.6) is 0 Å². The molecule has 2 rings (SSSR count). The molecule has 1 saturated carbocycles. The number of rotatable bonds is 5. The number of methoxy groups -OCH3 is 1. The van der Waals surface area contributed by atoms with E-state index in [2.05, 4.69) is 40.7 Å². The molecule has 2 nitrogen and oxygen atoms in total. The van der Waals surface area contributed by atoms with Gasteiger partial charge in [-0.15, -0.1) is 0 Å². The number of ether oxygens (including phenoxy) is 1. The van der Waals surface area contributed by atoms with E-state index in [1.807, 2.05) is 0 Å². The van der Waals surface area contributed by atoms with Crippen LogP contribution in [-0.4, -0.2) is 13.1 Å². The molecule has 2 aliphatic rings. The van der Waals surface area contributed by atoms with E-state index < -0.39 is 0 Å². The van der Waals surface area contributed by atoms with Gasteiger partial charge in [-0.2, -0.15) is 0 Å². The third-order valence-corrected chi connectivity index (χ3v) is 7.51. The molecule has 0 heterocycles. The lowest BCUT2D eigenvalue weighted by Crippen LogP contribution is -2.49. The first kappa shape index (κ1) is 18.5. The number of hydrogen-bond acceptors (Lipinski definition) is 2. The van der Waals surface area contributed by atoms with Crippen LogP contribution < -0.4 is 0 Å². The quantitative estimate of drug-likeness (QED) is 0.475. The maximum absolute atomic E-state index is 11.5. The molecule has 0 aliphatic heterocycles. The van der Waals surface area contributed by atoms with Crippen molar-refractivity contribution in [1.29, 1.82) is 0 Å². The summed E-state index contributed by atoms with van der Waals surface area (Å²) in [5, 5.41) is 0. The lowest BCUT2D eigenvalue weighted by molar-refractivity contribution is -0.141. The van der Waals surface area contributed by atoms with Crippen molar-refractivity contribution in [2.24, 2.45) is 28.6 Å². The molecule has 0 amide bonds. The lowest BCUT2D eigenvalue weighted by Gasteiger charge is -2.58. The second-order valence-electron chi connectivity index (χ2n) is 8.80. The van der Waals surface area contributed by atoms with E-state index in [0.717, 1.165) is 18.3 Å².